The van der Waals surface area contributed by atoms with Crippen molar-refractivity contribution >= 4 is 23.1 Å². The van der Waals surface area contributed by atoms with Crippen molar-refractivity contribution in [2.24, 2.45) is 5.73 Å². The Morgan fingerprint density at radius 3 is 2.75 bits per heavy atom. The number of benzene rings is 1. The highest BCUT2D eigenvalue weighted by atomic mass is 32.2. The molecular weight excluding hydrogens is 305 g/mol. The highest BCUT2D eigenvalue weighted by molar-refractivity contribution is 7.99. The minimum atomic E-state index is -4.40. The van der Waals surface area contributed by atoms with Gasteiger partial charge in [0, 0.05) is 21.7 Å². The van der Waals surface area contributed by atoms with E-state index in [9.17, 15) is 13.2 Å². The molecule has 2 rings (SSSR count). The van der Waals surface area contributed by atoms with Crippen LogP contribution in [-0.2, 0) is 6.18 Å². The van der Waals surface area contributed by atoms with Crippen LogP contribution in [0.25, 0.3) is 0 Å². The molecule has 1 aromatic carbocycles. The van der Waals surface area contributed by atoms with Gasteiger partial charge in [-0.2, -0.15) is 13.2 Å². The van der Waals surface area contributed by atoms with E-state index < -0.39 is 17.2 Å². The van der Waals surface area contributed by atoms with Gasteiger partial charge in [-0.05, 0) is 19.1 Å². The molecule has 1 aromatic heterocycles. The molecular formula is C13H13F3N2S2. The monoisotopic (exact) mass is 318 g/mol. The molecule has 0 fully saturated rings. The summed E-state index contributed by atoms with van der Waals surface area (Å²) in [5, 5.41) is -0.844. The number of halogens is 3. The molecule has 2 N–H and O–H groups in total. The number of rotatable bonds is 4. The van der Waals surface area contributed by atoms with Crippen molar-refractivity contribution in [1.29, 1.82) is 0 Å². The Kier molecular flexibility index (Phi) is 4.72. The summed E-state index contributed by atoms with van der Waals surface area (Å²) in [7, 11) is 0. The normalized spacial score (nSPS) is 13.4. The van der Waals surface area contributed by atoms with Crippen LogP contribution < -0.4 is 5.73 Å². The summed E-state index contributed by atoms with van der Waals surface area (Å²) in [5.41, 5.74) is 7.06. The maximum atomic E-state index is 12.5. The molecule has 2 nitrogen and oxygen atoms in total. The molecule has 0 amide bonds. The lowest BCUT2D eigenvalue weighted by Gasteiger charge is -2.09. The molecule has 0 spiro atoms. The molecule has 0 aliphatic rings. The SMILES string of the molecule is Cc1cccc(SCC(N)c2cnc(C(F)(F)F)s2)c1. The van der Waals surface area contributed by atoms with E-state index in [0.29, 0.717) is 22.0 Å². The molecule has 1 atom stereocenters. The minimum Gasteiger partial charge on any atom is -0.323 e. The topological polar surface area (TPSA) is 38.9 Å². The number of aromatic nitrogens is 1. The van der Waals surface area contributed by atoms with Gasteiger partial charge in [0.25, 0.3) is 0 Å². The van der Waals surface area contributed by atoms with Crippen molar-refractivity contribution in [3.05, 3.63) is 45.9 Å². The van der Waals surface area contributed by atoms with Gasteiger partial charge in [0.1, 0.15) is 0 Å². The fourth-order valence-corrected chi connectivity index (χ4v) is 3.45. The highest BCUT2D eigenvalue weighted by Crippen LogP contribution is 2.35. The zero-order chi connectivity index (χ0) is 14.8. The summed E-state index contributed by atoms with van der Waals surface area (Å²) < 4.78 is 37.4. The van der Waals surface area contributed by atoms with E-state index in [1.807, 2.05) is 31.2 Å². The van der Waals surface area contributed by atoms with E-state index in [-0.39, 0.29) is 0 Å². The van der Waals surface area contributed by atoms with E-state index >= 15 is 0 Å². The number of hydrogen-bond donors (Lipinski definition) is 1. The predicted octanol–water partition coefficient (Wildman–Crippen LogP) is 4.26. The number of hydrogen-bond acceptors (Lipinski definition) is 4. The second-order valence-electron chi connectivity index (χ2n) is 4.30. The molecule has 1 unspecified atom stereocenters. The molecule has 7 heteroatoms. The summed E-state index contributed by atoms with van der Waals surface area (Å²) in [6.07, 6.45) is -3.18. The zero-order valence-corrected chi connectivity index (χ0v) is 12.3. The highest BCUT2D eigenvalue weighted by Gasteiger charge is 2.35. The van der Waals surface area contributed by atoms with E-state index in [2.05, 4.69) is 4.98 Å². The van der Waals surface area contributed by atoms with Gasteiger partial charge in [0.15, 0.2) is 5.01 Å². The molecule has 1 heterocycles. The lowest BCUT2D eigenvalue weighted by molar-refractivity contribution is -0.137. The van der Waals surface area contributed by atoms with Crippen molar-refractivity contribution in [3.8, 4) is 0 Å². The number of aryl methyl sites for hydroxylation is 1. The largest absolute Gasteiger partial charge is 0.443 e. The van der Waals surface area contributed by atoms with E-state index in [1.165, 1.54) is 18.0 Å². The number of thioether (sulfide) groups is 1. The maximum absolute atomic E-state index is 12.5. The molecule has 108 valence electrons. The van der Waals surface area contributed by atoms with Crippen LogP contribution in [0, 0.1) is 6.92 Å². The first-order valence-electron chi connectivity index (χ1n) is 5.84. The first kappa shape index (κ1) is 15.3. The van der Waals surface area contributed by atoms with Crippen LogP contribution in [0.3, 0.4) is 0 Å². The van der Waals surface area contributed by atoms with Gasteiger partial charge >= 0.3 is 6.18 Å². The van der Waals surface area contributed by atoms with Crippen LogP contribution in [-0.4, -0.2) is 10.7 Å². The van der Waals surface area contributed by atoms with Gasteiger partial charge < -0.3 is 5.73 Å². The van der Waals surface area contributed by atoms with Crippen molar-refractivity contribution in [2.75, 3.05) is 5.75 Å². The van der Waals surface area contributed by atoms with Crippen LogP contribution >= 0.6 is 23.1 Å². The molecule has 0 saturated carbocycles. The van der Waals surface area contributed by atoms with Gasteiger partial charge in [-0.1, -0.05) is 17.7 Å². The fourth-order valence-electron chi connectivity index (χ4n) is 1.56. The van der Waals surface area contributed by atoms with Crippen molar-refractivity contribution in [1.82, 2.24) is 4.98 Å². The number of nitrogens with two attached hydrogens (primary N) is 1. The lowest BCUT2D eigenvalue weighted by Crippen LogP contribution is -2.11. The molecule has 2 aromatic rings. The Labute approximate surface area is 123 Å². The molecule has 20 heavy (non-hydrogen) atoms. The summed E-state index contributed by atoms with van der Waals surface area (Å²) >= 11 is 2.14. The average molecular weight is 318 g/mol. The predicted molar refractivity (Wildman–Crippen MR) is 75.9 cm³/mol. The van der Waals surface area contributed by atoms with Gasteiger partial charge in [0.05, 0.1) is 6.04 Å². The Hall–Kier alpha value is -1.05. The van der Waals surface area contributed by atoms with Gasteiger partial charge in [-0.3, -0.25) is 0 Å². The Balaban J connectivity index is 1.98. The maximum Gasteiger partial charge on any atom is 0.443 e. The van der Waals surface area contributed by atoms with Crippen LogP contribution in [0.2, 0.25) is 0 Å². The first-order valence-corrected chi connectivity index (χ1v) is 7.64. The van der Waals surface area contributed by atoms with Crippen LogP contribution in [0.4, 0.5) is 13.2 Å². The van der Waals surface area contributed by atoms with E-state index in [4.69, 9.17) is 5.73 Å². The van der Waals surface area contributed by atoms with Crippen LogP contribution in [0.5, 0.6) is 0 Å². The molecule has 0 bridgehead atoms. The van der Waals surface area contributed by atoms with E-state index in [1.54, 1.807) is 0 Å². The summed E-state index contributed by atoms with van der Waals surface area (Å²) in [5.74, 6) is 0.517. The molecule has 0 saturated heterocycles. The second-order valence-corrected chi connectivity index (χ2v) is 6.46. The van der Waals surface area contributed by atoms with Crippen molar-refractivity contribution < 1.29 is 13.2 Å². The third-order valence-corrected chi connectivity index (χ3v) is 4.84. The summed E-state index contributed by atoms with van der Waals surface area (Å²) in [4.78, 5) is 4.89. The van der Waals surface area contributed by atoms with Gasteiger partial charge in [-0.15, -0.1) is 23.1 Å². The Morgan fingerprint density at radius 2 is 2.15 bits per heavy atom. The number of nitrogens with zero attached hydrogens (tertiary/aromatic N) is 1. The van der Waals surface area contributed by atoms with Crippen LogP contribution in [0.15, 0.2) is 35.4 Å². The van der Waals surface area contributed by atoms with Gasteiger partial charge in [-0.25, -0.2) is 4.98 Å². The summed E-state index contributed by atoms with van der Waals surface area (Å²) in [6.45, 7) is 1.99. The Bertz CT molecular complexity index is 581. The summed E-state index contributed by atoms with van der Waals surface area (Å²) in [6, 6.07) is 7.46. The first-order chi connectivity index (χ1) is 9.36. The third kappa shape index (κ3) is 3.97. The molecule has 0 radical (unpaired) electrons. The van der Waals surface area contributed by atoms with Crippen LogP contribution in [0.1, 0.15) is 21.5 Å². The number of alkyl halides is 3. The van der Waals surface area contributed by atoms with Gasteiger partial charge in [0.2, 0.25) is 0 Å². The minimum absolute atomic E-state index is 0.450. The lowest BCUT2D eigenvalue weighted by atomic mass is 10.2. The second kappa shape index (κ2) is 6.15. The zero-order valence-electron chi connectivity index (χ0n) is 10.6. The quantitative estimate of drug-likeness (QED) is 0.856. The molecule has 0 aliphatic carbocycles. The van der Waals surface area contributed by atoms with Crippen molar-refractivity contribution in [3.63, 3.8) is 0 Å². The Morgan fingerprint density at radius 1 is 1.40 bits per heavy atom. The average Bonchev–Trinajstić information content (AvgIpc) is 2.85. The fraction of sp³-hybridized carbons (Fsp3) is 0.308. The number of thiazole rings is 1. The van der Waals surface area contributed by atoms with E-state index in [0.717, 1.165) is 10.5 Å². The molecule has 0 aliphatic heterocycles. The third-order valence-electron chi connectivity index (χ3n) is 2.55. The standard InChI is InChI=1S/C13H13F3N2S2/c1-8-3-2-4-9(5-8)19-7-10(17)11-6-18-12(20-11)13(14,15)16/h2-6,10H,7,17H2,1H3. The smallest absolute Gasteiger partial charge is 0.323 e. The van der Waals surface area contributed by atoms with Crippen molar-refractivity contribution in [2.45, 2.75) is 24.0 Å².